The molecule has 9 aromatic rings. The van der Waals surface area contributed by atoms with Crippen molar-refractivity contribution in [3.63, 3.8) is 0 Å². The number of aryl methyl sites for hydroxylation is 4. The van der Waals surface area contributed by atoms with E-state index in [4.69, 9.17) is 0 Å². The highest BCUT2D eigenvalue weighted by Gasteiger charge is 2.17. The van der Waals surface area contributed by atoms with Gasteiger partial charge in [-0.25, -0.2) is 0 Å². The Morgan fingerprint density at radius 2 is 0.483 bits per heavy atom. The van der Waals surface area contributed by atoms with Gasteiger partial charge in [0.05, 0.1) is 0 Å². The molecule has 9 rings (SSSR count). The Morgan fingerprint density at radius 3 is 0.897 bits per heavy atom. The van der Waals surface area contributed by atoms with E-state index in [9.17, 15) is 0 Å². The van der Waals surface area contributed by atoms with E-state index in [2.05, 4.69) is 234 Å². The molecule has 0 aliphatic rings. The van der Waals surface area contributed by atoms with E-state index in [0.29, 0.717) is 0 Å². The normalized spacial score (nSPS) is 11.1. The molecule has 0 amide bonds. The molecule has 58 heavy (non-hydrogen) atoms. The third kappa shape index (κ3) is 7.10. The van der Waals surface area contributed by atoms with E-state index >= 15 is 0 Å². The van der Waals surface area contributed by atoms with Crippen LogP contribution in [0.4, 0.5) is 0 Å². The quantitative estimate of drug-likeness (QED) is 0.145. The second-order valence-corrected chi connectivity index (χ2v) is 15.5. The second-order valence-electron chi connectivity index (χ2n) is 15.5. The predicted octanol–water partition coefficient (Wildman–Crippen LogP) is 16.3. The van der Waals surface area contributed by atoms with Crippen LogP contribution >= 0.6 is 0 Å². The van der Waals surface area contributed by atoms with Gasteiger partial charge in [-0.2, -0.15) is 0 Å². The minimum atomic E-state index is 1.22. The van der Waals surface area contributed by atoms with Gasteiger partial charge in [0.15, 0.2) is 0 Å². The summed E-state index contributed by atoms with van der Waals surface area (Å²) in [7, 11) is 0. The molecule has 0 spiro atoms. The molecule has 0 heterocycles. The lowest BCUT2D eigenvalue weighted by Gasteiger charge is -2.18. The molecule has 0 bridgehead atoms. The van der Waals surface area contributed by atoms with Crippen LogP contribution in [0.2, 0.25) is 0 Å². The maximum atomic E-state index is 2.37. The minimum absolute atomic E-state index is 1.22. The summed E-state index contributed by atoms with van der Waals surface area (Å²) in [4.78, 5) is 0. The van der Waals surface area contributed by atoms with E-state index in [1.54, 1.807) is 0 Å². The maximum Gasteiger partial charge on any atom is -0.00267 e. The predicted molar refractivity (Wildman–Crippen MR) is 249 cm³/mol. The molecule has 0 radical (unpaired) electrons. The maximum absolute atomic E-state index is 2.37. The highest BCUT2D eigenvalue weighted by atomic mass is 14.2. The molecule has 0 saturated carbocycles. The summed E-state index contributed by atoms with van der Waals surface area (Å²) in [5.74, 6) is 0. The SMILES string of the molecule is Cc1cc(-c2ccc(-c3ccc(-c4c(-c5ccccc5)cccc4-c4ccccc4)cc3C)c(C)c2)ccc1-c1ccc(-c2ccccc2-c2ccccc2)cc1C. The van der Waals surface area contributed by atoms with Gasteiger partial charge in [-0.1, -0.05) is 206 Å². The molecular formula is C58H46. The first kappa shape index (κ1) is 36.6. The molecule has 0 fully saturated rings. The van der Waals surface area contributed by atoms with Crippen LogP contribution in [0.15, 0.2) is 206 Å². The number of hydrogen-bond acceptors (Lipinski definition) is 0. The Kier molecular flexibility index (Phi) is 10.0. The van der Waals surface area contributed by atoms with Gasteiger partial charge >= 0.3 is 0 Å². The van der Waals surface area contributed by atoms with Crippen molar-refractivity contribution in [3.05, 3.63) is 229 Å². The first-order valence-electron chi connectivity index (χ1n) is 20.3. The monoisotopic (exact) mass is 742 g/mol. The molecule has 0 nitrogen and oxygen atoms in total. The lowest BCUT2D eigenvalue weighted by molar-refractivity contribution is 1.39. The second kappa shape index (κ2) is 15.8. The van der Waals surface area contributed by atoms with E-state index in [0.717, 1.165) is 0 Å². The van der Waals surface area contributed by atoms with Crippen molar-refractivity contribution in [1.82, 2.24) is 0 Å². The van der Waals surface area contributed by atoms with Crippen LogP contribution in [-0.4, -0.2) is 0 Å². The molecule has 0 saturated heterocycles. The summed E-state index contributed by atoms with van der Waals surface area (Å²) in [5, 5.41) is 0. The molecule has 0 aromatic heterocycles. The smallest absolute Gasteiger partial charge is 0.00267 e. The summed E-state index contributed by atoms with van der Waals surface area (Å²) in [6.45, 7) is 8.96. The van der Waals surface area contributed by atoms with Gasteiger partial charge in [-0.3, -0.25) is 0 Å². The first-order valence-corrected chi connectivity index (χ1v) is 20.3. The Hall–Kier alpha value is -7.02. The average Bonchev–Trinajstić information content (AvgIpc) is 3.27. The van der Waals surface area contributed by atoms with Gasteiger partial charge in [0.1, 0.15) is 0 Å². The Bertz CT molecular complexity index is 2840. The zero-order valence-corrected chi connectivity index (χ0v) is 33.6. The van der Waals surface area contributed by atoms with Gasteiger partial charge < -0.3 is 0 Å². The van der Waals surface area contributed by atoms with Gasteiger partial charge in [-0.05, 0) is 139 Å². The molecular weight excluding hydrogens is 697 g/mol. The topological polar surface area (TPSA) is 0 Å². The number of rotatable bonds is 8. The largest absolute Gasteiger partial charge is 0.0622 e. The van der Waals surface area contributed by atoms with E-state index < -0.39 is 0 Å². The van der Waals surface area contributed by atoms with Crippen molar-refractivity contribution in [2.75, 3.05) is 0 Å². The summed E-state index contributed by atoms with van der Waals surface area (Å²) in [6.07, 6.45) is 0. The van der Waals surface area contributed by atoms with Crippen molar-refractivity contribution in [3.8, 4) is 89.0 Å². The molecule has 0 heteroatoms. The average molecular weight is 743 g/mol. The van der Waals surface area contributed by atoms with Crippen molar-refractivity contribution >= 4 is 0 Å². The number of benzene rings is 9. The van der Waals surface area contributed by atoms with Crippen molar-refractivity contribution in [2.24, 2.45) is 0 Å². The summed E-state index contributed by atoms with van der Waals surface area (Å²) in [6, 6.07) is 75.3. The lowest BCUT2D eigenvalue weighted by Crippen LogP contribution is -1.93. The molecule has 0 N–H and O–H groups in total. The highest BCUT2D eigenvalue weighted by Crippen LogP contribution is 2.42. The van der Waals surface area contributed by atoms with E-state index in [-0.39, 0.29) is 0 Å². The summed E-state index contributed by atoms with van der Waals surface area (Å²) >= 11 is 0. The third-order valence-corrected chi connectivity index (χ3v) is 11.7. The van der Waals surface area contributed by atoms with Crippen LogP contribution in [0.3, 0.4) is 0 Å². The van der Waals surface area contributed by atoms with E-state index in [1.807, 2.05) is 0 Å². The van der Waals surface area contributed by atoms with Crippen LogP contribution in [-0.2, 0) is 0 Å². The van der Waals surface area contributed by atoms with Crippen LogP contribution in [0.5, 0.6) is 0 Å². The molecule has 278 valence electrons. The number of hydrogen-bond donors (Lipinski definition) is 0. The molecule has 0 atom stereocenters. The minimum Gasteiger partial charge on any atom is -0.0622 e. The highest BCUT2D eigenvalue weighted by molar-refractivity contribution is 5.95. The van der Waals surface area contributed by atoms with Gasteiger partial charge in [0.2, 0.25) is 0 Å². The fourth-order valence-corrected chi connectivity index (χ4v) is 8.73. The molecule has 0 aliphatic carbocycles. The van der Waals surface area contributed by atoms with Crippen molar-refractivity contribution in [2.45, 2.75) is 27.7 Å². The first-order chi connectivity index (χ1) is 28.4. The van der Waals surface area contributed by atoms with E-state index in [1.165, 1.54) is 111 Å². The Labute approximate surface area is 343 Å². The standard InChI is InChI=1S/C58H46/c1-39-35-46(27-31-50(39)52-33-29-48(37-41(52)3)55-24-15-14-23-54(55)43-17-8-5-9-18-43)47-28-32-51(40(2)36-47)53-34-30-49(38-42(53)4)58-56(44-19-10-6-11-20-44)25-16-26-57(58)45-21-12-7-13-22-45/h5-38H,1-4H3. The van der Waals surface area contributed by atoms with Crippen LogP contribution in [0.1, 0.15) is 22.3 Å². The third-order valence-electron chi connectivity index (χ3n) is 11.7. The van der Waals surface area contributed by atoms with Crippen molar-refractivity contribution in [1.29, 1.82) is 0 Å². The van der Waals surface area contributed by atoms with Crippen LogP contribution in [0, 0.1) is 27.7 Å². The zero-order valence-electron chi connectivity index (χ0n) is 33.6. The van der Waals surface area contributed by atoms with Crippen LogP contribution < -0.4 is 0 Å². The zero-order chi connectivity index (χ0) is 39.6. The van der Waals surface area contributed by atoms with Crippen molar-refractivity contribution < 1.29 is 0 Å². The summed E-state index contributed by atoms with van der Waals surface area (Å²) in [5.41, 5.74) is 25.1. The molecule has 0 aliphatic heterocycles. The van der Waals surface area contributed by atoms with Gasteiger partial charge in [-0.15, -0.1) is 0 Å². The van der Waals surface area contributed by atoms with Crippen LogP contribution in [0.25, 0.3) is 89.0 Å². The lowest BCUT2D eigenvalue weighted by atomic mass is 9.85. The molecule has 0 unspecified atom stereocenters. The Morgan fingerprint density at radius 1 is 0.190 bits per heavy atom. The molecule has 9 aromatic carbocycles. The van der Waals surface area contributed by atoms with Gasteiger partial charge in [0, 0.05) is 0 Å². The fourth-order valence-electron chi connectivity index (χ4n) is 8.73. The Balaban J connectivity index is 1.01. The fraction of sp³-hybridized carbons (Fsp3) is 0.0690. The summed E-state index contributed by atoms with van der Waals surface area (Å²) < 4.78 is 0. The van der Waals surface area contributed by atoms with Gasteiger partial charge in [0.25, 0.3) is 0 Å².